The molecule has 0 aromatic rings. The van der Waals surface area contributed by atoms with Crippen molar-refractivity contribution in [1.82, 2.24) is 10.2 Å². The predicted octanol–water partition coefficient (Wildman–Crippen LogP) is 0.879. The van der Waals surface area contributed by atoms with Crippen LogP contribution in [-0.2, 0) is 9.59 Å². The molecular formula is C14H27N3O2. The Hall–Kier alpha value is -1.10. The first-order valence-corrected chi connectivity index (χ1v) is 7.41. The number of nitrogens with zero attached hydrogens (tertiary/aromatic N) is 1. The Morgan fingerprint density at radius 2 is 2.21 bits per heavy atom. The van der Waals surface area contributed by atoms with Gasteiger partial charge in [0.2, 0.25) is 11.8 Å². The normalized spacial score (nSPS) is 21.1. The molecule has 1 saturated heterocycles. The van der Waals surface area contributed by atoms with Crippen molar-refractivity contribution in [3.05, 3.63) is 0 Å². The van der Waals surface area contributed by atoms with Gasteiger partial charge < -0.3 is 16.0 Å². The number of hydrogen-bond donors (Lipinski definition) is 2. The fraction of sp³-hybridized carbons (Fsp3) is 0.857. The fourth-order valence-electron chi connectivity index (χ4n) is 2.68. The van der Waals surface area contributed by atoms with Gasteiger partial charge >= 0.3 is 0 Å². The van der Waals surface area contributed by atoms with Gasteiger partial charge in [0.05, 0.1) is 0 Å². The number of amides is 2. The lowest BCUT2D eigenvalue weighted by Crippen LogP contribution is -2.56. The molecule has 3 N–H and O–H groups in total. The molecule has 1 fully saturated rings. The Kier molecular flexibility index (Phi) is 6.84. The molecule has 2 unspecified atom stereocenters. The van der Waals surface area contributed by atoms with Crippen LogP contribution in [0.2, 0.25) is 0 Å². The van der Waals surface area contributed by atoms with E-state index in [4.69, 9.17) is 5.73 Å². The van der Waals surface area contributed by atoms with Crippen molar-refractivity contribution < 1.29 is 9.59 Å². The van der Waals surface area contributed by atoms with Gasteiger partial charge in [-0.15, -0.1) is 0 Å². The van der Waals surface area contributed by atoms with E-state index in [1.54, 1.807) is 4.90 Å². The second-order valence-electron chi connectivity index (χ2n) is 5.19. The van der Waals surface area contributed by atoms with Crippen molar-refractivity contribution in [2.75, 3.05) is 19.6 Å². The minimum Gasteiger partial charge on any atom is -0.353 e. The van der Waals surface area contributed by atoms with E-state index in [1.807, 2.05) is 6.92 Å². The van der Waals surface area contributed by atoms with Crippen LogP contribution in [0.1, 0.15) is 46.0 Å². The third-order valence-electron chi connectivity index (χ3n) is 3.96. The average Bonchev–Trinajstić information content (AvgIpc) is 2.42. The molecule has 5 nitrogen and oxygen atoms in total. The summed E-state index contributed by atoms with van der Waals surface area (Å²) in [5, 5.41) is 2.81. The van der Waals surface area contributed by atoms with Gasteiger partial charge in [0.1, 0.15) is 6.04 Å². The molecular weight excluding hydrogens is 242 g/mol. The maximum Gasteiger partial charge on any atom is 0.242 e. The van der Waals surface area contributed by atoms with E-state index in [-0.39, 0.29) is 17.9 Å². The van der Waals surface area contributed by atoms with Crippen molar-refractivity contribution in [2.24, 2.45) is 11.7 Å². The summed E-state index contributed by atoms with van der Waals surface area (Å²) in [7, 11) is 0. The van der Waals surface area contributed by atoms with Crippen LogP contribution in [-0.4, -0.2) is 42.4 Å². The van der Waals surface area contributed by atoms with E-state index in [9.17, 15) is 9.59 Å². The second kappa shape index (κ2) is 8.15. The molecule has 110 valence electrons. The highest BCUT2D eigenvalue weighted by Crippen LogP contribution is 2.17. The first-order valence-electron chi connectivity index (χ1n) is 7.41. The topological polar surface area (TPSA) is 75.4 Å². The van der Waals surface area contributed by atoms with Gasteiger partial charge in [0.25, 0.3) is 0 Å². The molecule has 0 aliphatic carbocycles. The van der Waals surface area contributed by atoms with Crippen LogP contribution in [0, 0.1) is 5.92 Å². The van der Waals surface area contributed by atoms with E-state index < -0.39 is 0 Å². The average molecular weight is 269 g/mol. The van der Waals surface area contributed by atoms with Gasteiger partial charge in [0, 0.05) is 19.5 Å². The second-order valence-corrected chi connectivity index (χ2v) is 5.19. The standard InChI is InChI=1S/C14H27N3O2/c1-3-11(7-8-15)5-6-13(18)17-10-9-16-14(19)12(17)4-2/h11-12H,3-10,15H2,1-2H3,(H,16,19). The Bertz CT molecular complexity index is 307. The summed E-state index contributed by atoms with van der Waals surface area (Å²) in [5.41, 5.74) is 5.57. The molecule has 1 heterocycles. The maximum absolute atomic E-state index is 12.3. The summed E-state index contributed by atoms with van der Waals surface area (Å²) in [6, 6.07) is -0.282. The molecule has 1 aliphatic heterocycles. The first kappa shape index (κ1) is 16.0. The summed E-state index contributed by atoms with van der Waals surface area (Å²) in [6.07, 6.45) is 4.12. The Balaban J connectivity index is 2.49. The zero-order valence-electron chi connectivity index (χ0n) is 12.2. The monoisotopic (exact) mass is 269 g/mol. The maximum atomic E-state index is 12.3. The van der Waals surface area contributed by atoms with E-state index in [1.165, 1.54) is 0 Å². The van der Waals surface area contributed by atoms with Crippen LogP contribution in [0.25, 0.3) is 0 Å². The zero-order chi connectivity index (χ0) is 14.3. The molecule has 0 spiro atoms. The van der Waals surface area contributed by atoms with Crippen LogP contribution in [0.4, 0.5) is 0 Å². The summed E-state index contributed by atoms with van der Waals surface area (Å²) >= 11 is 0. The number of nitrogens with one attached hydrogen (secondary N) is 1. The number of nitrogens with two attached hydrogens (primary N) is 1. The Labute approximate surface area is 115 Å². The third-order valence-corrected chi connectivity index (χ3v) is 3.96. The molecule has 19 heavy (non-hydrogen) atoms. The Morgan fingerprint density at radius 3 is 2.79 bits per heavy atom. The van der Waals surface area contributed by atoms with E-state index in [0.29, 0.717) is 38.4 Å². The van der Waals surface area contributed by atoms with Gasteiger partial charge in [-0.05, 0) is 31.7 Å². The van der Waals surface area contributed by atoms with Crippen molar-refractivity contribution in [2.45, 2.75) is 52.0 Å². The summed E-state index contributed by atoms with van der Waals surface area (Å²) < 4.78 is 0. The Morgan fingerprint density at radius 1 is 1.47 bits per heavy atom. The van der Waals surface area contributed by atoms with Crippen molar-refractivity contribution in [1.29, 1.82) is 0 Å². The molecule has 0 bridgehead atoms. The van der Waals surface area contributed by atoms with E-state index >= 15 is 0 Å². The van der Waals surface area contributed by atoms with Crippen LogP contribution >= 0.6 is 0 Å². The zero-order valence-corrected chi connectivity index (χ0v) is 12.2. The minimum absolute atomic E-state index is 0.0175. The van der Waals surface area contributed by atoms with Crippen LogP contribution < -0.4 is 11.1 Å². The fourth-order valence-corrected chi connectivity index (χ4v) is 2.68. The number of carbonyl (C=O) groups is 2. The lowest BCUT2D eigenvalue weighted by molar-refractivity contribution is -0.143. The SMILES string of the molecule is CCC(CCN)CCC(=O)N1CCNC(=O)C1CC. The molecule has 0 aromatic heterocycles. The highest BCUT2D eigenvalue weighted by Gasteiger charge is 2.31. The molecule has 0 saturated carbocycles. The molecule has 2 amide bonds. The molecule has 1 rings (SSSR count). The van der Waals surface area contributed by atoms with Crippen molar-refractivity contribution >= 4 is 11.8 Å². The van der Waals surface area contributed by atoms with E-state index in [0.717, 1.165) is 19.3 Å². The molecule has 0 aromatic carbocycles. The summed E-state index contributed by atoms with van der Waals surface area (Å²) in [6.45, 7) is 5.96. The molecule has 5 heteroatoms. The lowest BCUT2D eigenvalue weighted by atomic mass is 9.96. The first-order chi connectivity index (χ1) is 9.13. The molecule has 1 aliphatic rings. The predicted molar refractivity (Wildman–Crippen MR) is 75.5 cm³/mol. The van der Waals surface area contributed by atoms with Crippen molar-refractivity contribution in [3.63, 3.8) is 0 Å². The molecule has 0 radical (unpaired) electrons. The number of hydrogen-bond acceptors (Lipinski definition) is 3. The lowest BCUT2D eigenvalue weighted by Gasteiger charge is -2.34. The minimum atomic E-state index is -0.282. The van der Waals surface area contributed by atoms with Gasteiger partial charge in [-0.25, -0.2) is 0 Å². The summed E-state index contributed by atoms with van der Waals surface area (Å²) in [5.74, 6) is 0.612. The van der Waals surface area contributed by atoms with Crippen LogP contribution in [0.5, 0.6) is 0 Å². The summed E-state index contributed by atoms with van der Waals surface area (Å²) in [4.78, 5) is 25.7. The smallest absolute Gasteiger partial charge is 0.242 e. The number of piperazine rings is 1. The highest BCUT2D eigenvalue weighted by molar-refractivity contribution is 5.88. The van der Waals surface area contributed by atoms with Crippen molar-refractivity contribution in [3.8, 4) is 0 Å². The number of carbonyl (C=O) groups excluding carboxylic acids is 2. The molecule has 2 atom stereocenters. The largest absolute Gasteiger partial charge is 0.353 e. The van der Waals surface area contributed by atoms with Gasteiger partial charge in [0.15, 0.2) is 0 Å². The van der Waals surface area contributed by atoms with Gasteiger partial charge in [-0.1, -0.05) is 20.3 Å². The highest BCUT2D eigenvalue weighted by atomic mass is 16.2. The number of rotatable bonds is 7. The van der Waals surface area contributed by atoms with E-state index in [2.05, 4.69) is 12.2 Å². The van der Waals surface area contributed by atoms with Gasteiger partial charge in [-0.3, -0.25) is 9.59 Å². The quantitative estimate of drug-likeness (QED) is 0.720. The third kappa shape index (κ3) is 4.49. The van der Waals surface area contributed by atoms with Crippen LogP contribution in [0.3, 0.4) is 0 Å². The van der Waals surface area contributed by atoms with Crippen LogP contribution in [0.15, 0.2) is 0 Å². The van der Waals surface area contributed by atoms with Gasteiger partial charge in [-0.2, -0.15) is 0 Å².